The van der Waals surface area contributed by atoms with Gasteiger partial charge in [0.15, 0.2) is 9.84 Å². The Morgan fingerprint density at radius 3 is 2.56 bits per heavy atom. The van der Waals surface area contributed by atoms with Gasteiger partial charge in [-0.15, -0.1) is 0 Å². The van der Waals surface area contributed by atoms with Crippen molar-refractivity contribution in [2.75, 3.05) is 24.6 Å². The monoisotopic (exact) mass is 244 g/mol. The molecular weight excluding hydrogens is 228 g/mol. The van der Waals surface area contributed by atoms with E-state index >= 15 is 0 Å². The maximum Gasteiger partial charge on any atom is 0.247 e. The molecule has 0 aromatic heterocycles. The zero-order valence-corrected chi connectivity index (χ0v) is 10.1. The summed E-state index contributed by atoms with van der Waals surface area (Å²) >= 11 is 0. The Hall–Kier alpha value is -0.880. The lowest BCUT2D eigenvalue weighted by Crippen LogP contribution is -2.40. The smallest absolute Gasteiger partial charge is 0.247 e. The van der Waals surface area contributed by atoms with Crippen LogP contribution in [0.3, 0.4) is 0 Å². The van der Waals surface area contributed by atoms with Crippen LogP contribution in [0.5, 0.6) is 0 Å². The van der Waals surface area contributed by atoms with Gasteiger partial charge in [-0.3, -0.25) is 4.79 Å². The molecule has 2 fully saturated rings. The first-order valence-electron chi connectivity index (χ1n) is 5.38. The number of carbonyl (C=O) groups excluding carboxylic acids is 1. The standard InChI is InChI=1S/C10H16N2O3S/c1-7(8-4-11-5-8)10(13)12-9-2-3-16(14,15)6-9/h9,11H,2-6H2,1H3,(H,12,13). The molecule has 2 heterocycles. The van der Waals surface area contributed by atoms with E-state index in [4.69, 9.17) is 0 Å². The number of sulfone groups is 1. The predicted molar refractivity (Wildman–Crippen MR) is 60.8 cm³/mol. The zero-order valence-electron chi connectivity index (χ0n) is 9.25. The second-order valence-corrected chi connectivity index (χ2v) is 6.63. The van der Waals surface area contributed by atoms with Crippen molar-refractivity contribution in [3.8, 4) is 0 Å². The van der Waals surface area contributed by atoms with Crippen molar-refractivity contribution < 1.29 is 13.2 Å². The fraction of sp³-hybridized carbons (Fsp3) is 0.700. The topological polar surface area (TPSA) is 75.3 Å². The van der Waals surface area contributed by atoms with Crippen molar-refractivity contribution >= 4 is 15.7 Å². The first kappa shape index (κ1) is 11.6. The highest BCUT2D eigenvalue weighted by atomic mass is 32.2. The summed E-state index contributed by atoms with van der Waals surface area (Å²) in [5.74, 6) is 0.146. The predicted octanol–water partition coefficient (Wildman–Crippen LogP) is -0.791. The van der Waals surface area contributed by atoms with E-state index in [2.05, 4.69) is 10.6 Å². The molecule has 1 atom stereocenters. The molecule has 0 bridgehead atoms. The van der Waals surface area contributed by atoms with E-state index in [1.165, 1.54) is 0 Å². The number of amides is 1. The molecule has 1 amide bonds. The van der Waals surface area contributed by atoms with E-state index in [0.717, 1.165) is 24.2 Å². The van der Waals surface area contributed by atoms with Crippen molar-refractivity contribution in [2.45, 2.75) is 19.4 Å². The summed E-state index contributed by atoms with van der Waals surface area (Å²) in [7, 11) is -2.92. The normalized spacial score (nSPS) is 27.3. The van der Waals surface area contributed by atoms with Crippen LogP contribution in [-0.2, 0) is 14.6 Å². The maximum absolute atomic E-state index is 11.8. The quantitative estimate of drug-likeness (QED) is 0.624. The largest absolute Gasteiger partial charge is 0.349 e. The molecule has 0 aromatic carbocycles. The van der Waals surface area contributed by atoms with Crippen LogP contribution < -0.4 is 10.6 Å². The van der Waals surface area contributed by atoms with Crippen LogP contribution >= 0.6 is 0 Å². The summed E-state index contributed by atoms with van der Waals surface area (Å²) < 4.78 is 22.4. The molecule has 0 spiro atoms. The van der Waals surface area contributed by atoms with Gasteiger partial charge in [-0.05, 0) is 18.9 Å². The second-order valence-electron chi connectivity index (χ2n) is 4.41. The van der Waals surface area contributed by atoms with E-state index in [-0.39, 0.29) is 23.5 Å². The van der Waals surface area contributed by atoms with Crippen molar-refractivity contribution in [3.05, 3.63) is 11.1 Å². The van der Waals surface area contributed by atoms with Gasteiger partial charge in [0.25, 0.3) is 0 Å². The lowest BCUT2D eigenvalue weighted by Gasteiger charge is -2.22. The van der Waals surface area contributed by atoms with Gasteiger partial charge < -0.3 is 10.6 Å². The lowest BCUT2D eigenvalue weighted by molar-refractivity contribution is -0.118. The third kappa shape index (κ3) is 2.44. The SMILES string of the molecule is CC(C(=O)NC1CCS(=O)(=O)C1)=C1CNC1. The van der Waals surface area contributed by atoms with Crippen LogP contribution in [-0.4, -0.2) is 45.0 Å². The molecule has 0 radical (unpaired) electrons. The number of carbonyl (C=O) groups is 1. The minimum Gasteiger partial charge on any atom is -0.349 e. The molecule has 16 heavy (non-hydrogen) atoms. The molecule has 0 aliphatic carbocycles. The van der Waals surface area contributed by atoms with Crippen LogP contribution in [0.1, 0.15) is 13.3 Å². The molecule has 1 unspecified atom stereocenters. The van der Waals surface area contributed by atoms with Crippen LogP contribution in [0, 0.1) is 0 Å². The van der Waals surface area contributed by atoms with Crippen LogP contribution in [0.25, 0.3) is 0 Å². The molecule has 90 valence electrons. The number of hydrogen-bond donors (Lipinski definition) is 2. The second kappa shape index (κ2) is 4.18. The van der Waals surface area contributed by atoms with Gasteiger partial charge in [-0.1, -0.05) is 0 Å². The summed E-state index contributed by atoms with van der Waals surface area (Å²) in [5.41, 5.74) is 1.83. The molecule has 6 heteroatoms. The Balaban J connectivity index is 1.93. The van der Waals surface area contributed by atoms with Gasteiger partial charge in [0, 0.05) is 24.7 Å². The van der Waals surface area contributed by atoms with Crippen molar-refractivity contribution in [1.82, 2.24) is 10.6 Å². The molecule has 2 aliphatic heterocycles. The van der Waals surface area contributed by atoms with E-state index in [1.807, 2.05) is 0 Å². The highest BCUT2D eigenvalue weighted by Gasteiger charge is 2.29. The van der Waals surface area contributed by atoms with Crippen molar-refractivity contribution in [3.63, 3.8) is 0 Å². The Morgan fingerprint density at radius 2 is 2.12 bits per heavy atom. The molecular formula is C10H16N2O3S. The number of rotatable bonds is 2. The van der Waals surface area contributed by atoms with Gasteiger partial charge in [0.2, 0.25) is 5.91 Å². The minimum absolute atomic E-state index is 0.0829. The van der Waals surface area contributed by atoms with E-state index < -0.39 is 9.84 Å². The van der Waals surface area contributed by atoms with E-state index in [0.29, 0.717) is 6.42 Å². The molecule has 2 rings (SSSR count). The fourth-order valence-electron chi connectivity index (χ4n) is 1.88. The van der Waals surface area contributed by atoms with Gasteiger partial charge in [-0.25, -0.2) is 8.42 Å². The third-order valence-electron chi connectivity index (χ3n) is 3.12. The average molecular weight is 244 g/mol. The van der Waals surface area contributed by atoms with Crippen LogP contribution in [0.15, 0.2) is 11.1 Å². The Morgan fingerprint density at radius 1 is 1.44 bits per heavy atom. The van der Waals surface area contributed by atoms with E-state index in [1.54, 1.807) is 6.92 Å². The van der Waals surface area contributed by atoms with Gasteiger partial charge in [0.05, 0.1) is 11.5 Å². The molecule has 0 saturated carbocycles. The highest BCUT2D eigenvalue weighted by Crippen LogP contribution is 2.13. The van der Waals surface area contributed by atoms with Crippen LogP contribution in [0.4, 0.5) is 0 Å². The third-order valence-corrected chi connectivity index (χ3v) is 4.88. The Labute approximate surface area is 95.2 Å². The Kier molecular flexibility index (Phi) is 3.03. The number of hydrogen-bond acceptors (Lipinski definition) is 4. The van der Waals surface area contributed by atoms with E-state index in [9.17, 15) is 13.2 Å². The molecule has 0 aromatic rings. The van der Waals surface area contributed by atoms with Crippen molar-refractivity contribution in [2.24, 2.45) is 0 Å². The molecule has 2 aliphatic rings. The lowest BCUT2D eigenvalue weighted by atomic mass is 10.0. The molecule has 5 nitrogen and oxygen atoms in total. The molecule has 2 N–H and O–H groups in total. The van der Waals surface area contributed by atoms with Gasteiger partial charge in [0.1, 0.15) is 0 Å². The first-order chi connectivity index (χ1) is 7.48. The molecule has 2 saturated heterocycles. The summed E-state index contributed by atoms with van der Waals surface area (Å²) in [6.07, 6.45) is 0.537. The van der Waals surface area contributed by atoms with Gasteiger partial charge >= 0.3 is 0 Å². The van der Waals surface area contributed by atoms with Crippen molar-refractivity contribution in [1.29, 1.82) is 0 Å². The summed E-state index contributed by atoms with van der Waals surface area (Å²) in [5, 5.41) is 5.85. The number of nitrogens with one attached hydrogen (secondary N) is 2. The summed E-state index contributed by atoms with van der Waals surface area (Å²) in [6.45, 7) is 3.32. The fourth-order valence-corrected chi connectivity index (χ4v) is 3.55. The summed E-state index contributed by atoms with van der Waals surface area (Å²) in [6, 6.07) is -0.207. The zero-order chi connectivity index (χ0) is 11.8. The maximum atomic E-state index is 11.8. The van der Waals surface area contributed by atoms with Crippen LogP contribution in [0.2, 0.25) is 0 Å². The minimum atomic E-state index is -2.92. The summed E-state index contributed by atoms with van der Waals surface area (Å²) in [4.78, 5) is 11.8. The van der Waals surface area contributed by atoms with Gasteiger partial charge in [-0.2, -0.15) is 0 Å². The Bertz CT molecular complexity index is 433. The average Bonchev–Trinajstić information content (AvgIpc) is 2.42. The highest BCUT2D eigenvalue weighted by molar-refractivity contribution is 7.91. The first-order valence-corrected chi connectivity index (χ1v) is 7.21.